The Morgan fingerprint density at radius 3 is 2.91 bits per heavy atom. The molecule has 122 valence electrons. The monoisotopic (exact) mass is 335 g/mol. The molecule has 0 radical (unpaired) electrons. The van der Waals surface area contributed by atoms with Crippen LogP contribution >= 0.6 is 11.6 Å². The van der Waals surface area contributed by atoms with Crippen molar-refractivity contribution in [1.29, 1.82) is 0 Å². The van der Waals surface area contributed by atoms with E-state index in [-0.39, 0.29) is 18.6 Å². The van der Waals surface area contributed by atoms with Crippen molar-refractivity contribution in [1.82, 2.24) is 4.90 Å². The number of aliphatic hydroxyl groups excluding tert-OH is 1. The quantitative estimate of drug-likeness (QED) is 0.840. The van der Waals surface area contributed by atoms with E-state index in [0.717, 1.165) is 35.1 Å². The molecule has 0 unspecified atom stereocenters. The van der Waals surface area contributed by atoms with Gasteiger partial charge in [0.15, 0.2) is 0 Å². The van der Waals surface area contributed by atoms with E-state index in [9.17, 15) is 9.90 Å². The molecule has 1 aromatic carbocycles. The first kappa shape index (κ1) is 16.1. The van der Waals surface area contributed by atoms with E-state index in [1.54, 1.807) is 0 Å². The first-order valence-corrected chi connectivity index (χ1v) is 7.85. The van der Waals surface area contributed by atoms with Gasteiger partial charge in [0.05, 0.1) is 0 Å². The highest BCUT2D eigenvalue weighted by molar-refractivity contribution is 6.32. The summed E-state index contributed by atoms with van der Waals surface area (Å²) >= 11 is 6.34. The van der Waals surface area contributed by atoms with E-state index in [0.29, 0.717) is 17.3 Å². The summed E-state index contributed by atoms with van der Waals surface area (Å²) in [7, 11) is 2.01. The van der Waals surface area contributed by atoms with Gasteiger partial charge in [-0.3, -0.25) is 0 Å². The molecule has 2 N–H and O–H groups in total. The summed E-state index contributed by atoms with van der Waals surface area (Å²) in [5.74, 6) is -0.518. The van der Waals surface area contributed by atoms with E-state index < -0.39 is 5.97 Å². The zero-order valence-corrected chi connectivity index (χ0v) is 13.6. The fraction of sp³-hybridized carbons (Fsp3) is 0.353. The fourth-order valence-corrected chi connectivity index (χ4v) is 3.26. The van der Waals surface area contributed by atoms with Crippen LogP contribution in [-0.4, -0.2) is 41.3 Å². The summed E-state index contributed by atoms with van der Waals surface area (Å²) in [4.78, 5) is 13.5. The number of benzene rings is 1. The van der Waals surface area contributed by atoms with Gasteiger partial charge in [0.2, 0.25) is 0 Å². The average Bonchev–Trinajstić information content (AvgIpc) is 2.72. The second-order valence-electron chi connectivity index (χ2n) is 5.78. The Morgan fingerprint density at radius 1 is 1.43 bits per heavy atom. The molecule has 0 aliphatic carbocycles. The molecule has 0 spiro atoms. The summed E-state index contributed by atoms with van der Waals surface area (Å²) in [5.41, 5.74) is 2.84. The number of rotatable bonds is 4. The van der Waals surface area contributed by atoms with Crippen LogP contribution in [0.25, 0.3) is 17.0 Å². The highest BCUT2D eigenvalue weighted by Gasteiger charge is 2.23. The predicted octanol–water partition coefficient (Wildman–Crippen LogP) is 2.92. The van der Waals surface area contributed by atoms with Gasteiger partial charge in [-0.1, -0.05) is 11.6 Å². The molecule has 0 amide bonds. The van der Waals surface area contributed by atoms with Gasteiger partial charge in [-0.15, -0.1) is 0 Å². The molecule has 1 aliphatic heterocycles. The van der Waals surface area contributed by atoms with E-state index in [2.05, 4.69) is 4.90 Å². The molecule has 0 saturated carbocycles. The third-order valence-electron chi connectivity index (χ3n) is 4.17. The lowest BCUT2D eigenvalue weighted by Gasteiger charge is -2.13. The lowest BCUT2D eigenvalue weighted by molar-refractivity contribution is -0.132. The van der Waals surface area contributed by atoms with E-state index >= 15 is 0 Å². The van der Waals surface area contributed by atoms with Crippen LogP contribution in [-0.2, 0) is 17.8 Å². The fourth-order valence-electron chi connectivity index (χ4n) is 3.01. The van der Waals surface area contributed by atoms with Gasteiger partial charge in [-0.25, -0.2) is 4.79 Å². The molecule has 6 heteroatoms. The highest BCUT2D eigenvalue weighted by atomic mass is 35.5. The maximum absolute atomic E-state index is 11.3. The van der Waals surface area contributed by atoms with Crippen molar-refractivity contribution in [2.24, 2.45) is 0 Å². The van der Waals surface area contributed by atoms with Crippen LogP contribution in [0.3, 0.4) is 0 Å². The molecule has 0 atom stereocenters. The van der Waals surface area contributed by atoms with Gasteiger partial charge in [0, 0.05) is 47.7 Å². The van der Waals surface area contributed by atoms with Crippen molar-refractivity contribution >= 4 is 34.6 Å². The largest absolute Gasteiger partial charge is 0.478 e. The molecule has 0 bridgehead atoms. The Labute approximate surface area is 138 Å². The lowest BCUT2D eigenvalue weighted by Crippen LogP contribution is -2.18. The first-order valence-electron chi connectivity index (χ1n) is 7.47. The van der Waals surface area contributed by atoms with Gasteiger partial charge in [0.1, 0.15) is 11.3 Å². The number of nitrogens with zero attached hydrogens (tertiary/aromatic N) is 1. The standard InChI is InChI=1S/C17H18ClNO4/c1-19-6-4-11-13(18)2-3-14-16(11)12(9-19)15(23-14)8-10(5-7-20)17(21)22/h2-3,8,20H,4-7,9H2,1H3,(H,21,22)/b10-8+. The molecule has 1 aromatic heterocycles. The van der Waals surface area contributed by atoms with Crippen LogP contribution in [0.4, 0.5) is 0 Å². The molecule has 0 saturated heterocycles. The van der Waals surface area contributed by atoms with Crippen molar-refractivity contribution in [3.05, 3.63) is 39.6 Å². The maximum Gasteiger partial charge on any atom is 0.331 e. The second-order valence-corrected chi connectivity index (χ2v) is 6.19. The Morgan fingerprint density at radius 2 is 2.22 bits per heavy atom. The zero-order chi connectivity index (χ0) is 16.6. The molecule has 5 nitrogen and oxygen atoms in total. The van der Waals surface area contributed by atoms with Crippen molar-refractivity contribution in [3.8, 4) is 0 Å². The topological polar surface area (TPSA) is 73.9 Å². The molecule has 2 heterocycles. The maximum atomic E-state index is 11.3. The van der Waals surface area contributed by atoms with Crippen molar-refractivity contribution < 1.29 is 19.4 Å². The molecule has 1 aliphatic rings. The number of furan rings is 1. The molecule has 23 heavy (non-hydrogen) atoms. The zero-order valence-electron chi connectivity index (χ0n) is 12.8. The van der Waals surface area contributed by atoms with Crippen molar-refractivity contribution in [3.63, 3.8) is 0 Å². The normalized spacial score (nSPS) is 15.9. The molecule has 3 rings (SSSR count). The SMILES string of the molecule is CN1CCc2c(Cl)ccc3oc(/C=C(\CCO)C(=O)O)c(c23)C1. The Hall–Kier alpha value is -1.82. The van der Waals surface area contributed by atoms with Crippen LogP contribution < -0.4 is 0 Å². The molecular formula is C17H18ClNO4. The average molecular weight is 336 g/mol. The Bertz CT molecular complexity index is 793. The van der Waals surface area contributed by atoms with Gasteiger partial charge in [0.25, 0.3) is 0 Å². The van der Waals surface area contributed by atoms with E-state index in [1.165, 1.54) is 6.08 Å². The Kier molecular flexibility index (Phi) is 4.43. The van der Waals surface area contributed by atoms with E-state index in [1.807, 2.05) is 19.2 Å². The number of likely N-dealkylation sites (N-methyl/N-ethyl adjacent to an activating group) is 1. The highest BCUT2D eigenvalue weighted by Crippen LogP contribution is 2.37. The molecule has 0 fully saturated rings. The summed E-state index contributed by atoms with van der Waals surface area (Å²) in [6, 6.07) is 3.64. The number of carboxylic acid groups (broad SMARTS) is 1. The molecular weight excluding hydrogens is 318 g/mol. The summed E-state index contributed by atoms with van der Waals surface area (Å²) < 4.78 is 5.89. The summed E-state index contributed by atoms with van der Waals surface area (Å²) in [5, 5.41) is 20.0. The lowest BCUT2D eigenvalue weighted by atomic mass is 10.0. The van der Waals surface area contributed by atoms with Crippen molar-refractivity contribution in [2.75, 3.05) is 20.2 Å². The number of hydrogen-bond donors (Lipinski definition) is 2. The molecule has 2 aromatic rings. The number of hydrogen-bond acceptors (Lipinski definition) is 4. The Balaban J connectivity index is 2.22. The summed E-state index contributed by atoms with van der Waals surface area (Å²) in [6.07, 6.45) is 2.42. The first-order chi connectivity index (χ1) is 11.0. The third kappa shape index (κ3) is 3.00. The third-order valence-corrected chi connectivity index (χ3v) is 4.52. The van der Waals surface area contributed by atoms with Gasteiger partial charge in [-0.05, 0) is 37.2 Å². The van der Waals surface area contributed by atoms with Crippen molar-refractivity contribution in [2.45, 2.75) is 19.4 Å². The van der Waals surface area contributed by atoms with Gasteiger partial charge >= 0.3 is 5.97 Å². The van der Waals surface area contributed by atoms with Gasteiger partial charge < -0.3 is 19.5 Å². The number of carbonyl (C=O) groups is 1. The number of carboxylic acids is 1. The minimum atomic E-state index is -1.05. The van der Waals surface area contributed by atoms with Crippen LogP contribution in [0.2, 0.25) is 5.02 Å². The second kappa shape index (κ2) is 6.35. The van der Waals surface area contributed by atoms with Crippen LogP contribution in [0.1, 0.15) is 23.3 Å². The number of halogens is 1. The van der Waals surface area contributed by atoms with Crippen LogP contribution in [0.15, 0.2) is 22.1 Å². The minimum Gasteiger partial charge on any atom is -0.478 e. The summed E-state index contributed by atoms with van der Waals surface area (Å²) in [6.45, 7) is 1.32. The number of aliphatic carboxylic acids is 1. The smallest absolute Gasteiger partial charge is 0.331 e. The van der Waals surface area contributed by atoms with Crippen LogP contribution in [0, 0.1) is 0 Å². The predicted molar refractivity (Wildman–Crippen MR) is 88.6 cm³/mol. The van der Waals surface area contributed by atoms with Gasteiger partial charge in [-0.2, -0.15) is 0 Å². The van der Waals surface area contributed by atoms with Crippen LogP contribution in [0.5, 0.6) is 0 Å². The van der Waals surface area contributed by atoms with E-state index in [4.69, 9.17) is 21.1 Å². The minimum absolute atomic E-state index is 0.0786. The number of aliphatic hydroxyl groups is 1.